The number of sulfonamides is 1. The Morgan fingerprint density at radius 3 is 2.56 bits per heavy atom. The molecule has 96 valence electrons. The smallest absolute Gasteiger partial charge is 0.207 e. The molecule has 1 aromatic heterocycles. The molecular formula is C12H12FNO2S2. The van der Waals surface area contributed by atoms with Crippen molar-refractivity contribution in [3.05, 3.63) is 52.5 Å². The van der Waals surface area contributed by atoms with Crippen molar-refractivity contribution in [1.82, 2.24) is 4.72 Å². The Hall–Kier alpha value is -1.24. The summed E-state index contributed by atoms with van der Waals surface area (Å²) in [7, 11) is -3.83. The van der Waals surface area contributed by atoms with Gasteiger partial charge in [0, 0.05) is 4.88 Å². The molecule has 0 aliphatic carbocycles. The summed E-state index contributed by atoms with van der Waals surface area (Å²) >= 11 is 1.45. The highest BCUT2D eigenvalue weighted by atomic mass is 32.2. The largest absolute Gasteiger partial charge is 0.244 e. The molecule has 0 aliphatic rings. The van der Waals surface area contributed by atoms with Crippen molar-refractivity contribution in [1.29, 1.82) is 0 Å². The molecule has 0 radical (unpaired) electrons. The summed E-state index contributed by atoms with van der Waals surface area (Å²) in [5.74, 6) is -0.747. The van der Waals surface area contributed by atoms with Gasteiger partial charge in [0.1, 0.15) is 10.7 Å². The van der Waals surface area contributed by atoms with Gasteiger partial charge in [-0.1, -0.05) is 18.2 Å². The molecule has 0 spiro atoms. The average molecular weight is 285 g/mol. The van der Waals surface area contributed by atoms with E-state index in [2.05, 4.69) is 4.72 Å². The first-order chi connectivity index (χ1) is 8.50. The number of rotatable bonds is 4. The van der Waals surface area contributed by atoms with Crippen molar-refractivity contribution >= 4 is 21.4 Å². The van der Waals surface area contributed by atoms with E-state index in [0.29, 0.717) is 0 Å². The third-order valence-corrected chi connectivity index (χ3v) is 5.06. The van der Waals surface area contributed by atoms with Gasteiger partial charge in [-0.05, 0) is 30.5 Å². The molecule has 3 nitrogen and oxygen atoms in total. The van der Waals surface area contributed by atoms with Crippen LogP contribution in [0.4, 0.5) is 4.39 Å². The number of thiophene rings is 1. The first kappa shape index (κ1) is 13.2. The minimum absolute atomic E-state index is 0.326. The zero-order valence-corrected chi connectivity index (χ0v) is 11.3. The molecule has 1 unspecified atom stereocenters. The van der Waals surface area contributed by atoms with Gasteiger partial charge in [0.05, 0.1) is 6.04 Å². The van der Waals surface area contributed by atoms with Crippen LogP contribution >= 0.6 is 11.3 Å². The maximum atomic E-state index is 13.5. The standard InChI is InChI=1S/C12H12FNO2S2/c1-9(11-6-4-8-17-11)14-18(15,16)12-7-3-2-5-10(12)13/h2-9,14H,1H3. The first-order valence-corrected chi connectivity index (χ1v) is 7.67. The lowest BCUT2D eigenvalue weighted by Gasteiger charge is -2.13. The van der Waals surface area contributed by atoms with Crippen molar-refractivity contribution in [2.24, 2.45) is 0 Å². The Labute approximate surface area is 109 Å². The zero-order chi connectivity index (χ0) is 13.2. The summed E-state index contributed by atoms with van der Waals surface area (Å²) in [6.45, 7) is 1.73. The van der Waals surface area contributed by atoms with Crippen LogP contribution in [-0.2, 0) is 10.0 Å². The van der Waals surface area contributed by atoms with Crippen LogP contribution in [0, 0.1) is 5.82 Å². The van der Waals surface area contributed by atoms with E-state index < -0.39 is 15.8 Å². The second-order valence-electron chi connectivity index (χ2n) is 3.79. The fourth-order valence-electron chi connectivity index (χ4n) is 1.55. The van der Waals surface area contributed by atoms with Crippen LogP contribution in [0.5, 0.6) is 0 Å². The summed E-state index contributed by atoms with van der Waals surface area (Å²) < 4.78 is 39.9. The van der Waals surface area contributed by atoms with E-state index in [9.17, 15) is 12.8 Å². The Kier molecular flexibility index (Phi) is 3.79. The van der Waals surface area contributed by atoms with E-state index in [1.807, 2.05) is 17.5 Å². The molecule has 0 bridgehead atoms. The van der Waals surface area contributed by atoms with E-state index >= 15 is 0 Å². The molecule has 6 heteroatoms. The van der Waals surface area contributed by atoms with Crippen LogP contribution in [0.1, 0.15) is 17.8 Å². The third-order valence-electron chi connectivity index (χ3n) is 2.43. The summed E-state index contributed by atoms with van der Waals surface area (Å²) in [5.41, 5.74) is 0. The third kappa shape index (κ3) is 2.77. The van der Waals surface area contributed by atoms with Gasteiger partial charge >= 0.3 is 0 Å². The van der Waals surface area contributed by atoms with Gasteiger partial charge in [-0.3, -0.25) is 0 Å². The van der Waals surface area contributed by atoms with Crippen molar-refractivity contribution < 1.29 is 12.8 Å². The Bertz CT molecular complexity index is 623. The number of hydrogen-bond donors (Lipinski definition) is 1. The lowest BCUT2D eigenvalue weighted by Crippen LogP contribution is -2.27. The van der Waals surface area contributed by atoms with Gasteiger partial charge in [0.15, 0.2) is 0 Å². The highest BCUT2D eigenvalue weighted by Gasteiger charge is 2.21. The van der Waals surface area contributed by atoms with Gasteiger partial charge in [-0.15, -0.1) is 11.3 Å². The average Bonchev–Trinajstić information content (AvgIpc) is 2.82. The lowest BCUT2D eigenvalue weighted by molar-refractivity contribution is 0.548. The van der Waals surface area contributed by atoms with Gasteiger partial charge in [-0.25, -0.2) is 17.5 Å². The van der Waals surface area contributed by atoms with Gasteiger partial charge in [0.2, 0.25) is 10.0 Å². The molecule has 1 aromatic carbocycles. The SMILES string of the molecule is CC(NS(=O)(=O)c1ccccc1F)c1cccs1. The molecule has 2 rings (SSSR count). The number of benzene rings is 1. The highest BCUT2D eigenvalue weighted by Crippen LogP contribution is 2.21. The monoisotopic (exact) mass is 285 g/mol. The molecule has 0 fully saturated rings. The lowest BCUT2D eigenvalue weighted by atomic mass is 10.3. The van der Waals surface area contributed by atoms with Crippen molar-refractivity contribution in [2.45, 2.75) is 17.9 Å². The molecule has 1 heterocycles. The summed E-state index contributed by atoms with van der Waals surface area (Å²) in [6.07, 6.45) is 0. The minimum atomic E-state index is -3.83. The molecule has 0 saturated carbocycles. The normalized spacial score (nSPS) is 13.4. The highest BCUT2D eigenvalue weighted by molar-refractivity contribution is 7.89. The zero-order valence-electron chi connectivity index (χ0n) is 9.63. The van der Waals surface area contributed by atoms with Gasteiger partial charge in [0.25, 0.3) is 0 Å². The van der Waals surface area contributed by atoms with E-state index in [1.54, 1.807) is 6.92 Å². The van der Waals surface area contributed by atoms with Crippen LogP contribution in [0.3, 0.4) is 0 Å². The molecule has 18 heavy (non-hydrogen) atoms. The number of nitrogens with one attached hydrogen (secondary N) is 1. The Morgan fingerprint density at radius 2 is 1.94 bits per heavy atom. The predicted octanol–water partition coefficient (Wildman–Crippen LogP) is 2.93. The van der Waals surface area contributed by atoms with Gasteiger partial charge < -0.3 is 0 Å². The van der Waals surface area contributed by atoms with Crippen molar-refractivity contribution in [2.75, 3.05) is 0 Å². The maximum absolute atomic E-state index is 13.5. The second-order valence-corrected chi connectivity index (χ2v) is 6.45. The number of halogens is 1. The molecule has 0 aliphatic heterocycles. The fraction of sp³-hybridized carbons (Fsp3) is 0.167. The fourth-order valence-corrected chi connectivity index (χ4v) is 3.67. The maximum Gasteiger partial charge on any atom is 0.244 e. The van der Waals surface area contributed by atoms with Crippen LogP contribution in [0.25, 0.3) is 0 Å². The van der Waals surface area contributed by atoms with E-state index in [-0.39, 0.29) is 10.9 Å². The summed E-state index contributed by atoms with van der Waals surface area (Å²) in [5, 5.41) is 1.86. The van der Waals surface area contributed by atoms with Crippen molar-refractivity contribution in [3.8, 4) is 0 Å². The Balaban J connectivity index is 2.26. The van der Waals surface area contributed by atoms with Crippen LogP contribution in [0.15, 0.2) is 46.7 Å². The molecule has 1 atom stereocenters. The molecule has 0 amide bonds. The molecule has 1 N–H and O–H groups in total. The van der Waals surface area contributed by atoms with E-state index in [1.165, 1.54) is 29.5 Å². The predicted molar refractivity (Wildman–Crippen MR) is 69.5 cm³/mol. The van der Waals surface area contributed by atoms with Crippen LogP contribution in [-0.4, -0.2) is 8.42 Å². The quantitative estimate of drug-likeness (QED) is 0.939. The molecular weight excluding hydrogens is 273 g/mol. The summed E-state index contributed by atoms with van der Waals surface area (Å²) in [4.78, 5) is 0.559. The van der Waals surface area contributed by atoms with Crippen LogP contribution in [0.2, 0.25) is 0 Å². The Morgan fingerprint density at radius 1 is 1.22 bits per heavy atom. The first-order valence-electron chi connectivity index (χ1n) is 5.31. The van der Waals surface area contributed by atoms with E-state index in [0.717, 1.165) is 10.9 Å². The van der Waals surface area contributed by atoms with Gasteiger partial charge in [-0.2, -0.15) is 0 Å². The molecule has 0 saturated heterocycles. The minimum Gasteiger partial charge on any atom is -0.207 e. The van der Waals surface area contributed by atoms with Crippen LogP contribution < -0.4 is 4.72 Å². The topological polar surface area (TPSA) is 46.2 Å². The van der Waals surface area contributed by atoms with E-state index in [4.69, 9.17) is 0 Å². The molecule has 2 aromatic rings. The van der Waals surface area contributed by atoms with Crippen molar-refractivity contribution in [3.63, 3.8) is 0 Å². The second kappa shape index (κ2) is 5.17. The summed E-state index contributed by atoms with van der Waals surface area (Å²) in [6, 6.07) is 8.62. The number of hydrogen-bond acceptors (Lipinski definition) is 3.